The maximum absolute atomic E-state index is 13.1. The van der Waals surface area contributed by atoms with Crippen LogP contribution in [-0.4, -0.2) is 42.0 Å². The Morgan fingerprint density at radius 2 is 1.83 bits per heavy atom. The lowest BCUT2D eigenvalue weighted by Crippen LogP contribution is -2.30. The molecule has 8 nitrogen and oxygen atoms in total. The van der Waals surface area contributed by atoms with Gasteiger partial charge in [-0.25, -0.2) is 14.8 Å². The highest BCUT2D eigenvalue weighted by Gasteiger charge is 2.26. The zero-order valence-electron chi connectivity index (χ0n) is 16.4. The number of ether oxygens (including phenoxy) is 1. The Bertz CT molecular complexity index is 1050. The predicted molar refractivity (Wildman–Crippen MR) is 108 cm³/mol. The van der Waals surface area contributed by atoms with Crippen molar-refractivity contribution in [1.29, 1.82) is 0 Å². The first-order valence-corrected chi connectivity index (χ1v) is 9.57. The molecule has 2 aromatic heterocycles. The number of benzene rings is 1. The predicted octanol–water partition coefficient (Wildman–Crippen LogP) is 3.56. The van der Waals surface area contributed by atoms with Crippen LogP contribution in [0.5, 0.6) is 0 Å². The topological polar surface area (TPSA) is 97.6 Å². The Balaban J connectivity index is 1.67. The van der Waals surface area contributed by atoms with Gasteiger partial charge >= 0.3 is 5.97 Å². The molecule has 3 heterocycles. The second-order valence-corrected chi connectivity index (χ2v) is 6.98. The molecule has 0 bridgehead atoms. The van der Waals surface area contributed by atoms with Gasteiger partial charge in [0.1, 0.15) is 17.9 Å². The number of esters is 1. The summed E-state index contributed by atoms with van der Waals surface area (Å²) in [5, 5.41) is 3.50. The Kier molecular flexibility index (Phi) is 5.16. The van der Waals surface area contributed by atoms with E-state index in [1.54, 1.807) is 31.2 Å². The fourth-order valence-corrected chi connectivity index (χ4v) is 3.65. The molecule has 0 saturated carbocycles. The molecule has 8 heteroatoms. The van der Waals surface area contributed by atoms with Gasteiger partial charge in [-0.2, -0.15) is 0 Å². The van der Waals surface area contributed by atoms with Crippen molar-refractivity contribution in [2.75, 3.05) is 30.4 Å². The van der Waals surface area contributed by atoms with E-state index in [0.29, 0.717) is 33.7 Å². The third kappa shape index (κ3) is 3.65. The number of aryl methyl sites for hydroxylation is 1. The van der Waals surface area contributed by atoms with E-state index in [9.17, 15) is 9.59 Å². The molecule has 0 spiro atoms. The Labute approximate surface area is 167 Å². The summed E-state index contributed by atoms with van der Waals surface area (Å²) in [7, 11) is 1.33. The van der Waals surface area contributed by atoms with Crippen LogP contribution in [0.4, 0.5) is 11.5 Å². The van der Waals surface area contributed by atoms with Gasteiger partial charge in [-0.15, -0.1) is 0 Å². The molecule has 1 amide bonds. The standard InChI is InChI=1S/C21H22N4O4/c1-13-16(19(26)24-15-8-6-14(7-9-15)21(27)28-2)17-18(22-12-23-20(17)29-13)25-10-4-3-5-11-25/h6-9,12H,3-5,10-11H2,1-2H3,(H,24,26). The van der Waals surface area contributed by atoms with Crippen LogP contribution >= 0.6 is 0 Å². The van der Waals surface area contributed by atoms with Gasteiger partial charge in [0.25, 0.3) is 5.91 Å². The highest BCUT2D eigenvalue weighted by atomic mass is 16.5. The average Bonchev–Trinajstić information content (AvgIpc) is 3.10. The number of amides is 1. The second-order valence-electron chi connectivity index (χ2n) is 6.98. The number of nitrogens with zero attached hydrogens (tertiary/aromatic N) is 3. The molecule has 0 radical (unpaired) electrons. The zero-order chi connectivity index (χ0) is 20.4. The van der Waals surface area contributed by atoms with E-state index in [1.165, 1.54) is 19.9 Å². The van der Waals surface area contributed by atoms with Gasteiger partial charge in [-0.3, -0.25) is 4.79 Å². The summed E-state index contributed by atoms with van der Waals surface area (Å²) < 4.78 is 10.4. The van der Waals surface area contributed by atoms with Crippen LogP contribution in [0.1, 0.15) is 45.7 Å². The quantitative estimate of drug-likeness (QED) is 0.676. The molecule has 0 atom stereocenters. The van der Waals surface area contributed by atoms with Gasteiger partial charge in [0.2, 0.25) is 5.71 Å². The summed E-state index contributed by atoms with van der Waals surface area (Å²) in [5.41, 5.74) is 1.81. The number of piperidine rings is 1. The third-order valence-corrected chi connectivity index (χ3v) is 5.09. The van der Waals surface area contributed by atoms with E-state index in [2.05, 4.69) is 20.2 Å². The minimum absolute atomic E-state index is 0.305. The molecular weight excluding hydrogens is 372 g/mol. The first-order chi connectivity index (χ1) is 14.1. The second kappa shape index (κ2) is 7.90. The molecule has 1 saturated heterocycles. The van der Waals surface area contributed by atoms with E-state index >= 15 is 0 Å². The molecule has 1 aliphatic rings. The van der Waals surface area contributed by atoms with Crippen molar-refractivity contribution in [3.05, 3.63) is 47.5 Å². The van der Waals surface area contributed by atoms with E-state index in [4.69, 9.17) is 9.15 Å². The summed E-state index contributed by atoms with van der Waals surface area (Å²) >= 11 is 0. The number of hydrogen-bond acceptors (Lipinski definition) is 7. The zero-order valence-corrected chi connectivity index (χ0v) is 16.4. The van der Waals surface area contributed by atoms with Crippen molar-refractivity contribution >= 4 is 34.5 Å². The number of hydrogen-bond donors (Lipinski definition) is 1. The maximum Gasteiger partial charge on any atom is 0.337 e. The number of carbonyl (C=O) groups is 2. The van der Waals surface area contributed by atoms with Gasteiger partial charge in [-0.1, -0.05) is 0 Å². The number of furan rings is 1. The molecule has 1 fully saturated rings. The van der Waals surface area contributed by atoms with Crippen molar-refractivity contribution in [2.24, 2.45) is 0 Å². The van der Waals surface area contributed by atoms with Crippen molar-refractivity contribution < 1.29 is 18.7 Å². The fraction of sp³-hybridized carbons (Fsp3) is 0.333. The van der Waals surface area contributed by atoms with Crippen LogP contribution in [0.3, 0.4) is 0 Å². The largest absolute Gasteiger partial charge is 0.465 e. The van der Waals surface area contributed by atoms with Gasteiger partial charge in [0, 0.05) is 18.8 Å². The summed E-state index contributed by atoms with van der Waals surface area (Å²) in [5.74, 6) is 0.489. The minimum Gasteiger partial charge on any atom is -0.465 e. The van der Waals surface area contributed by atoms with E-state index in [-0.39, 0.29) is 5.91 Å². The van der Waals surface area contributed by atoms with Crippen LogP contribution < -0.4 is 10.2 Å². The lowest BCUT2D eigenvalue weighted by molar-refractivity contribution is 0.0600. The fourth-order valence-electron chi connectivity index (χ4n) is 3.65. The monoisotopic (exact) mass is 394 g/mol. The molecule has 1 N–H and O–H groups in total. The highest BCUT2D eigenvalue weighted by Crippen LogP contribution is 2.33. The Hall–Kier alpha value is -3.42. The lowest BCUT2D eigenvalue weighted by atomic mass is 10.1. The van der Waals surface area contributed by atoms with Crippen LogP contribution in [0.2, 0.25) is 0 Å². The minimum atomic E-state index is -0.428. The molecule has 0 aliphatic carbocycles. The molecule has 29 heavy (non-hydrogen) atoms. The van der Waals surface area contributed by atoms with Crippen LogP contribution in [0.25, 0.3) is 11.1 Å². The molecule has 3 aromatic rings. The Morgan fingerprint density at radius 1 is 1.10 bits per heavy atom. The lowest BCUT2D eigenvalue weighted by Gasteiger charge is -2.28. The van der Waals surface area contributed by atoms with Gasteiger partial charge in [0.05, 0.1) is 23.6 Å². The first-order valence-electron chi connectivity index (χ1n) is 9.57. The Morgan fingerprint density at radius 3 is 2.52 bits per heavy atom. The summed E-state index contributed by atoms with van der Waals surface area (Å²) in [6.45, 7) is 3.54. The number of fused-ring (bicyclic) bond motifs is 1. The van der Waals surface area contributed by atoms with Crippen molar-refractivity contribution in [1.82, 2.24) is 9.97 Å². The number of rotatable bonds is 4. The smallest absolute Gasteiger partial charge is 0.337 e. The van der Waals surface area contributed by atoms with Crippen LogP contribution in [-0.2, 0) is 4.74 Å². The van der Waals surface area contributed by atoms with Gasteiger partial charge < -0.3 is 19.4 Å². The molecular formula is C21H22N4O4. The highest BCUT2D eigenvalue weighted by molar-refractivity contribution is 6.15. The molecule has 4 rings (SSSR count). The number of anilines is 2. The summed E-state index contributed by atoms with van der Waals surface area (Å²) in [6.07, 6.45) is 4.86. The third-order valence-electron chi connectivity index (χ3n) is 5.09. The molecule has 1 aromatic carbocycles. The van der Waals surface area contributed by atoms with Crippen molar-refractivity contribution in [2.45, 2.75) is 26.2 Å². The molecule has 1 aliphatic heterocycles. The summed E-state index contributed by atoms with van der Waals surface area (Å²) in [6, 6.07) is 6.52. The summed E-state index contributed by atoms with van der Waals surface area (Å²) in [4.78, 5) is 35.5. The van der Waals surface area contributed by atoms with E-state index in [1.807, 2.05) is 0 Å². The van der Waals surface area contributed by atoms with Crippen LogP contribution in [0, 0.1) is 6.92 Å². The maximum atomic E-state index is 13.1. The van der Waals surface area contributed by atoms with Gasteiger partial charge in [0.15, 0.2) is 0 Å². The SMILES string of the molecule is COC(=O)c1ccc(NC(=O)c2c(C)oc3ncnc(N4CCCCC4)c23)cc1. The first kappa shape index (κ1) is 18.9. The van der Waals surface area contributed by atoms with E-state index in [0.717, 1.165) is 31.7 Å². The number of carbonyl (C=O) groups excluding carboxylic acids is 2. The average molecular weight is 394 g/mol. The number of methoxy groups -OCH3 is 1. The molecule has 150 valence electrons. The van der Waals surface area contributed by atoms with Crippen molar-refractivity contribution in [3.8, 4) is 0 Å². The van der Waals surface area contributed by atoms with E-state index < -0.39 is 5.97 Å². The number of nitrogens with one attached hydrogen (secondary N) is 1. The van der Waals surface area contributed by atoms with Crippen molar-refractivity contribution in [3.63, 3.8) is 0 Å². The number of aromatic nitrogens is 2. The molecule has 0 unspecified atom stereocenters. The normalized spacial score (nSPS) is 14.1. The van der Waals surface area contributed by atoms with Gasteiger partial charge in [-0.05, 0) is 50.5 Å². The van der Waals surface area contributed by atoms with Crippen LogP contribution in [0.15, 0.2) is 35.0 Å².